The predicted octanol–water partition coefficient (Wildman–Crippen LogP) is 1.17. The van der Waals surface area contributed by atoms with E-state index < -0.39 is 18.3 Å². The van der Waals surface area contributed by atoms with Crippen molar-refractivity contribution < 1.29 is 13.9 Å². The molecule has 1 saturated heterocycles. The number of ether oxygens (including phenoxy) is 1. The zero-order valence-electron chi connectivity index (χ0n) is 12.4. The first-order valence-electron chi connectivity index (χ1n) is 7.35. The molecule has 0 bridgehead atoms. The molecule has 6 heteroatoms. The highest BCUT2D eigenvalue weighted by Crippen LogP contribution is 2.25. The van der Waals surface area contributed by atoms with Crippen molar-refractivity contribution in [1.82, 2.24) is 10.2 Å². The fourth-order valence-electron chi connectivity index (χ4n) is 3.14. The van der Waals surface area contributed by atoms with E-state index >= 15 is 0 Å². The SMILES string of the molecule is COc1ccc2c(c1)CN[C@H](C(=O)N1C[C@@H](F)C[C@H]1C#N)C2. The Bertz CT molecular complexity index is 628. The van der Waals surface area contributed by atoms with Crippen LogP contribution < -0.4 is 10.1 Å². The second-order valence-electron chi connectivity index (χ2n) is 5.74. The zero-order valence-corrected chi connectivity index (χ0v) is 12.4. The summed E-state index contributed by atoms with van der Waals surface area (Å²) in [5.41, 5.74) is 2.19. The van der Waals surface area contributed by atoms with Gasteiger partial charge in [-0.2, -0.15) is 5.26 Å². The number of nitrogens with one attached hydrogen (secondary N) is 1. The molecule has 0 spiro atoms. The molecule has 0 aliphatic carbocycles. The molecule has 3 rings (SSSR count). The molecule has 0 saturated carbocycles. The Balaban J connectivity index is 1.74. The second kappa shape index (κ2) is 5.93. The number of halogens is 1. The minimum atomic E-state index is -1.10. The van der Waals surface area contributed by atoms with Crippen LogP contribution in [-0.2, 0) is 17.8 Å². The zero-order chi connectivity index (χ0) is 15.7. The van der Waals surface area contributed by atoms with Gasteiger partial charge in [0.1, 0.15) is 18.0 Å². The van der Waals surface area contributed by atoms with Crippen LogP contribution >= 0.6 is 0 Å². The largest absolute Gasteiger partial charge is 0.497 e. The molecule has 0 aromatic heterocycles. The van der Waals surface area contributed by atoms with Gasteiger partial charge in [0, 0.05) is 13.0 Å². The molecule has 22 heavy (non-hydrogen) atoms. The van der Waals surface area contributed by atoms with Crippen molar-refractivity contribution in [2.24, 2.45) is 0 Å². The summed E-state index contributed by atoms with van der Waals surface area (Å²) in [4.78, 5) is 13.9. The van der Waals surface area contributed by atoms with Gasteiger partial charge >= 0.3 is 0 Å². The molecule has 2 aliphatic rings. The topological polar surface area (TPSA) is 65.4 Å². The smallest absolute Gasteiger partial charge is 0.241 e. The van der Waals surface area contributed by atoms with Gasteiger partial charge in [0.15, 0.2) is 0 Å². The van der Waals surface area contributed by atoms with Crippen LogP contribution in [0.1, 0.15) is 17.5 Å². The van der Waals surface area contributed by atoms with Crippen molar-refractivity contribution in [2.45, 2.75) is 37.6 Å². The van der Waals surface area contributed by atoms with E-state index in [9.17, 15) is 9.18 Å². The van der Waals surface area contributed by atoms with Crippen LogP contribution in [0.15, 0.2) is 18.2 Å². The number of nitrogens with zero attached hydrogens (tertiary/aromatic N) is 2. The number of rotatable bonds is 2. The maximum Gasteiger partial charge on any atom is 0.241 e. The molecular weight excluding hydrogens is 285 g/mol. The first-order chi connectivity index (χ1) is 10.6. The number of carbonyl (C=O) groups is 1. The van der Waals surface area contributed by atoms with E-state index in [2.05, 4.69) is 5.32 Å². The van der Waals surface area contributed by atoms with Crippen LogP contribution in [0, 0.1) is 11.3 Å². The quantitative estimate of drug-likeness (QED) is 0.891. The molecule has 1 amide bonds. The number of amides is 1. The highest BCUT2D eigenvalue weighted by Gasteiger charge is 2.39. The summed E-state index contributed by atoms with van der Waals surface area (Å²) in [6, 6.07) is 6.75. The fourth-order valence-corrected chi connectivity index (χ4v) is 3.14. The average Bonchev–Trinajstić information content (AvgIpc) is 2.94. The number of nitriles is 1. The molecule has 1 aromatic rings. The Labute approximate surface area is 128 Å². The summed E-state index contributed by atoms with van der Waals surface area (Å²) in [6.45, 7) is 0.581. The summed E-state index contributed by atoms with van der Waals surface area (Å²) in [5.74, 6) is 0.600. The van der Waals surface area contributed by atoms with Gasteiger partial charge < -0.3 is 15.0 Å². The van der Waals surface area contributed by atoms with Crippen LogP contribution in [0.3, 0.4) is 0 Å². The number of fused-ring (bicyclic) bond motifs is 1. The summed E-state index contributed by atoms with van der Waals surface area (Å²) < 4.78 is 18.7. The molecule has 1 fully saturated rings. The Morgan fingerprint density at radius 1 is 1.50 bits per heavy atom. The average molecular weight is 303 g/mol. The molecule has 2 heterocycles. The molecule has 1 N–H and O–H groups in total. The van der Waals surface area contributed by atoms with Gasteiger partial charge in [-0.25, -0.2) is 4.39 Å². The van der Waals surface area contributed by atoms with Gasteiger partial charge in [0.25, 0.3) is 0 Å². The van der Waals surface area contributed by atoms with E-state index in [0.717, 1.165) is 16.9 Å². The van der Waals surface area contributed by atoms with Gasteiger partial charge in [0.2, 0.25) is 5.91 Å². The predicted molar refractivity (Wildman–Crippen MR) is 78.0 cm³/mol. The summed E-state index contributed by atoms with van der Waals surface area (Å²) in [7, 11) is 1.62. The van der Waals surface area contributed by atoms with E-state index in [4.69, 9.17) is 10.00 Å². The van der Waals surface area contributed by atoms with E-state index in [1.165, 1.54) is 4.90 Å². The number of likely N-dealkylation sites (tertiary alicyclic amines) is 1. The number of hydrogen-bond acceptors (Lipinski definition) is 4. The fraction of sp³-hybridized carbons (Fsp3) is 0.500. The second-order valence-corrected chi connectivity index (χ2v) is 5.74. The van der Waals surface area contributed by atoms with Crippen LogP contribution in [0.2, 0.25) is 0 Å². The molecule has 0 unspecified atom stereocenters. The minimum absolute atomic E-state index is 0.0186. The number of methoxy groups -OCH3 is 1. The molecular formula is C16H18FN3O2. The molecule has 1 aromatic carbocycles. The third-order valence-electron chi connectivity index (χ3n) is 4.36. The highest BCUT2D eigenvalue weighted by atomic mass is 19.1. The lowest BCUT2D eigenvalue weighted by molar-refractivity contribution is -0.133. The molecule has 2 aliphatic heterocycles. The van der Waals surface area contributed by atoms with Crippen molar-refractivity contribution in [1.29, 1.82) is 5.26 Å². The normalized spacial score (nSPS) is 27.1. The van der Waals surface area contributed by atoms with Crippen molar-refractivity contribution >= 4 is 5.91 Å². The third kappa shape index (κ3) is 2.64. The van der Waals surface area contributed by atoms with Crippen LogP contribution in [0.25, 0.3) is 0 Å². The van der Waals surface area contributed by atoms with Crippen molar-refractivity contribution in [2.75, 3.05) is 13.7 Å². The van der Waals surface area contributed by atoms with E-state index in [1.807, 2.05) is 24.3 Å². The van der Waals surface area contributed by atoms with Gasteiger partial charge in [0.05, 0.1) is 25.8 Å². The van der Waals surface area contributed by atoms with Crippen LogP contribution in [0.4, 0.5) is 4.39 Å². The summed E-state index contributed by atoms with van der Waals surface area (Å²) in [5, 5.41) is 12.3. The van der Waals surface area contributed by atoms with Crippen molar-refractivity contribution in [3.8, 4) is 11.8 Å². The number of alkyl halides is 1. The minimum Gasteiger partial charge on any atom is -0.497 e. The lowest BCUT2D eigenvalue weighted by Crippen LogP contribution is -2.50. The van der Waals surface area contributed by atoms with Gasteiger partial charge in [-0.15, -0.1) is 0 Å². The first-order valence-corrected chi connectivity index (χ1v) is 7.35. The summed E-state index contributed by atoms with van der Waals surface area (Å²) >= 11 is 0. The highest BCUT2D eigenvalue weighted by molar-refractivity contribution is 5.83. The maximum atomic E-state index is 13.5. The van der Waals surface area contributed by atoms with E-state index in [1.54, 1.807) is 7.11 Å². The molecule has 3 atom stereocenters. The third-order valence-corrected chi connectivity index (χ3v) is 4.36. The van der Waals surface area contributed by atoms with Crippen LogP contribution in [-0.4, -0.2) is 42.7 Å². The van der Waals surface area contributed by atoms with Gasteiger partial charge in [-0.05, 0) is 29.7 Å². The first kappa shape index (κ1) is 14.8. The number of hydrogen-bond donors (Lipinski definition) is 1. The number of carbonyl (C=O) groups excluding carboxylic acids is 1. The molecule has 0 radical (unpaired) electrons. The van der Waals surface area contributed by atoms with Gasteiger partial charge in [-0.3, -0.25) is 4.79 Å². The molecule has 5 nitrogen and oxygen atoms in total. The molecule has 116 valence electrons. The monoisotopic (exact) mass is 303 g/mol. The lowest BCUT2D eigenvalue weighted by Gasteiger charge is -2.30. The van der Waals surface area contributed by atoms with E-state index in [-0.39, 0.29) is 18.9 Å². The van der Waals surface area contributed by atoms with Crippen molar-refractivity contribution in [3.05, 3.63) is 29.3 Å². The Morgan fingerprint density at radius 2 is 2.32 bits per heavy atom. The Kier molecular flexibility index (Phi) is 3.99. The maximum absolute atomic E-state index is 13.5. The Morgan fingerprint density at radius 3 is 3.05 bits per heavy atom. The van der Waals surface area contributed by atoms with E-state index in [0.29, 0.717) is 13.0 Å². The number of benzene rings is 1. The van der Waals surface area contributed by atoms with Crippen molar-refractivity contribution in [3.63, 3.8) is 0 Å². The van der Waals surface area contributed by atoms with Gasteiger partial charge in [-0.1, -0.05) is 6.07 Å². The Hall–Kier alpha value is -2.13. The standard InChI is InChI=1S/C16H18FN3O2/c1-22-14-3-2-10-5-15(19-8-11(10)4-14)16(21)20-9-12(17)6-13(20)7-18/h2-4,12-13,15,19H,5-6,8-9H2,1H3/t12-,13-,15-/m0/s1. The van der Waals surface area contributed by atoms with Crippen LogP contribution in [0.5, 0.6) is 5.75 Å². The summed E-state index contributed by atoms with van der Waals surface area (Å²) in [6.07, 6.45) is -0.444. The lowest BCUT2D eigenvalue weighted by atomic mass is 9.94.